The molecule has 0 saturated heterocycles. The quantitative estimate of drug-likeness (QED) is 0.629. The van der Waals surface area contributed by atoms with Gasteiger partial charge in [-0.15, -0.1) is 11.3 Å². The van der Waals surface area contributed by atoms with E-state index < -0.39 is 0 Å². The first-order chi connectivity index (χ1) is 10.0. The fourth-order valence-corrected chi connectivity index (χ4v) is 3.02. The summed E-state index contributed by atoms with van der Waals surface area (Å²) in [6.45, 7) is 4.18. The van der Waals surface area contributed by atoms with Crippen molar-refractivity contribution in [2.75, 3.05) is 17.7 Å². The molecular formula is C15H17ClN2O2S. The highest BCUT2D eigenvalue weighted by molar-refractivity contribution is 7.16. The molecule has 1 aromatic carbocycles. The predicted octanol–water partition coefficient (Wildman–Crippen LogP) is 4.47. The number of nitrogens with two attached hydrogens (primary N) is 1. The topological polar surface area (TPSA) is 64.3 Å². The highest BCUT2D eigenvalue weighted by atomic mass is 35.5. The SMILES string of the molecule is CCOC(=O)c1cc(CC)sc1Nc1ccc(Cl)cc1N. The highest BCUT2D eigenvalue weighted by Crippen LogP contribution is 2.34. The monoisotopic (exact) mass is 324 g/mol. The van der Waals surface area contributed by atoms with Gasteiger partial charge < -0.3 is 15.8 Å². The van der Waals surface area contributed by atoms with Crippen molar-refractivity contribution >= 4 is 45.3 Å². The standard InChI is InChI=1S/C15H17ClN2O2S/c1-3-10-8-11(15(19)20-4-2)14(21-10)18-13-6-5-9(16)7-12(13)17/h5-8,18H,3-4,17H2,1-2H3. The Labute approximate surface area is 132 Å². The number of hydrogen-bond acceptors (Lipinski definition) is 5. The van der Waals surface area contributed by atoms with E-state index in [4.69, 9.17) is 22.1 Å². The molecule has 1 aromatic heterocycles. The summed E-state index contributed by atoms with van der Waals surface area (Å²) in [5.41, 5.74) is 7.72. The van der Waals surface area contributed by atoms with Gasteiger partial charge in [0.2, 0.25) is 0 Å². The molecular weight excluding hydrogens is 308 g/mol. The Bertz CT molecular complexity index is 655. The Hall–Kier alpha value is -1.72. The molecule has 0 unspecified atom stereocenters. The predicted molar refractivity (Wildman–Crippen MR) is 88.8 cm³/mol. The first-order valence-electron chi connectivity index (χ1n) is 6.67. The summed E-state index contributed by atoms with van der Waals surface area (Å²) >= 11 is 7.41. The van der Waals surface area contributed by atoms with E-state index >= 15 is 0 Å². The second-order valence-corrected chi connectivity index (χ2v) is 5.96. The van der Waals surface area contributed by atoms with E-state index in [-0.39, 0.29) is 5.97 Å². The van der Waals surface area contributed by atoms with Gasteiger partial charge in [0.1, 0.15) is 5.00 Å². The van der Waals surface area contributed by atoms with E-state index in [0.717, 1.165) is 22.0 Å². The normalized spacial score (nSPS) is 10.4. The summed E-state index contributed by atoms with van der Waals surface area (Å²) in [6, 6.07) is 7.07. The van der Waals surface area contributed by atoms with Gasteiger partial charge >= 0.3 is 5.97 Å². The van der Waals surface area contributed by atoms with Gasteiger partial charge in [-0.1, -0.05) is 18.5 Å². The van der Waals surface area contributed by atoms with Crippen molar-refractivity contribution in [3.8, 4) is 0 Å². The van der Waals surface area contributed by atoms with Gasteiger partial charge in [0, 0.05) is 9.90 Å². The molecule has 0 aliphatic carbocycles. The number of rotatable bonds is 5. The van der Waals surface area contributed by atoms with E-state index in [0.29, 0.717) is 22.9 Å². The van der Waals surface area contributed by atoms with Crippen LogP contribution in [0.3, 0.4) is 0 Å². The number of carbonyl (C=O) groups excluding carboxylic acids is 1. The maximum Gasteiger partial charge on any atom is 0.341 e. The minimum Gasteiger partial charge on any atom is -0.462 e. The molecule has 0 bridgehead atoms. The van der Waals surface area contributed by atoms with Gasteiger partial charge in [0.15, 0.2) is 0 Å². The van der Waals surface area contributed by atoms with Crippen LogP contribution in [-0.2, 0) is 11.2 Å². The number of nitrogen functional groups attached to an aromatic ring is 1. The maximum atomic E-state index is 12.0. The average Bonchev–Trinajstić information content (AvgIpc) is 2.85. The third-order valence-electron chi connectivity index (χ3n) is 2.89. The van der Waals surface area contributed by atoms with Crippen LogP contribution < -0.4 is 11.1 Å². The Morgan fingerprint density at radius 1 is 1.38 bits per heavy atom. The van der Waals surface area contributed by atoms with Crippen LogP contribution in [0.25, 0.3) is 0 Å². The smallest absolute Gasteiger partial charge is 0.341 e. The third kappa shape index (κ3) is 3.68. The van der Waals surface area contributed by atoms with E-state index in [2.05, 4.69) is 5.32 Å². The van der Waals surface area contributed by atoms with Crippen LogP contribution in [0.15, 0.2) is 24.3 Å². The molecule has 0 atom stereocenters. The molecule has 2 rings (SSSR count). The zero-order chi connectivity index (χ0) is 15.4. The molecule has 0 fully saturated rings. The van der Waals surface area contributed by atoms with Crippen LogP contribution in [0.2, 0.25) is 5.02 Å². The van der Waals surface area contributed by atoms with Crippen LogP contribution in [0.5, 0.6) is 0 Å². The van der Waals surface area contributed by atoms with Crippen molar-refractivity contribution in [2.45, 2.75) is 20.3 Å². The zero-order valence-corrected chi connectivity index (χ0v) is 13.5. The lowest BCUT2D eigenvalue weighted by molar-refractivity contribution is 0.0528. The van der Waals surface area contributed by atoms with Crippen molar-refractivity contribution in [3.05, 3.63) is 39.7 Å². The largest absolute Gasteiger partial charge is 0.462 e. The lowest BCUT2D eigenvalue weighted by Gasteiger charge is -2.09. The minimum absolute atomic E-state index is 0.330. The molecule has 21 heavy (non-hydrogen) atoms. The van der Waals surface area contributed by atoms with Gasteiger partial charge in [-0.2, -0.15) is 0 Å². The first-order valence-corrected chi connectivity index (χ1v) is 7.86. The molecule has 0 saturated carbocycles. The van der Waals surface area contributed by atoms with E-state index in [1.54, 1.807) is 25.1 Å². The van der Waals surface area contributed by atoms with Crippen molar-refractivity contribution in [3.63, 3.8) is 0 Å². The second-order valence-electron chi connectivity index (χ2n) is 4.39. The van der Waals surface area contributed by atoms with Crippen LogP contribution in [-0.4, -0.2) is 12.6 Å². The Kier molecular flexibility index (Phi) is 5.09. The van der Waals surface area contributed by atoms with Crippen molar-refractivity contribution < 1.29 is 9.53 Å². The van der Waals surface area contributed by atoms with Gasteiger partial charge in [0.25, 0.3) is 0 Å². The van der Waals surface area contributed by atoms with Crippen LogP contribution in [0, 0.1) is 0 Å². The molecule has 0 aliphatic rings. The third-order valence-corrected chi connectivity index (χ3v) is 4.32. The minimum atomic E-state index is -0.330. The van der Waals surface area contributed by atoms with Crippen LogP contribution in [0.4, 0.5) is 16.4 Å². The number of anilines is 3. The van der Waals surface area contributed by atoms with Crippen LogP contribution >= 0.6 is 22.9 Å². The number of esters is 1. The van der Waals surface area contributed by atoms with Gasteiger partial charge in [-0.3, -0.25) is 0 Å². The highest BCUT2D eigenvalue weighted by Gasteiger charge is 2.17. The Morgan fingerprint density at radius 3 is 2.76 bits per heavy atom. The summed E-state index contributed by atoms with van der Waals surface area (Å²) in [5.74, 6) is -0.330. The molecule has 6 heteroatoms. The summed E-state index contributed by atoms with van der Waals surface area (Å²) < 4.78 is 5.09. The molecule has 1 heterocycles. The van der Waals surface area contributed by atoms with Crippen LogP contribution in [0.1, 0.15) is 29.1 Å². The Balaban J connectivity index is 2.34. The zero-order valence-electron chi connectivity index (χ0n) is 11.9. The number of ether oxygens (including phenoxy) is 1. The average molecular weight is 325 g/mol. The number of hydrogen-bond donors (Lipinski definition) is 2. The van der Waals surface area contributed by atoms with Crippen molar-refractivity contribution in [1.29, 1.82) is 0 Å². The summed E-state index contributed by atoms with van der Waals surface area (Å²) in [4.78, 5) is 13.1. The number of halogens is 1. The lowest BCUT2D eigenvalue weighted by atomic mass is 10.2. The fourth-order valence-electron chi connectivity index (χ4n) is 1.84. The summed E-state index contributed by atoms with van der Waals surface area (Å²) in [7, 11) is 0. The number of aryl methyl sites for hydroxylation is 1. The molecule has 4 nitrogen and oxygen atoms in total. The van der Waals surface area contributed by atoms with Gasteiger partial charge in [-0.25, -0.2) is 4.79 Å². The van der Waals surface area contributed by atoms with E-state index in [1.165, 1.54) is 11.3 Å². The number of nitrogens with one attached hydrogen (secondary N) is 1. The van der Waals surface area contributed by atoms with Gasteiger partial charge in [-0.05, 0) is 37.6 Å². The number of thiophene rings is 1. The molecule has 2 aromatic rings. The number of carbonyl (C=O) groups is 1. The van der Waals surface area contributed by atoms with Crippen molar-refractivity contribution in [2.24, 2.45) is 0 Å². The molecule has 0 aliphatic heterocycles. The molecule has 0 spiro atoms. The maximum absolute atomic E-state index is 12.0. The molecule has 112 valence electrons. The lowest BCUT2D eigenvalue weighted by Crippen LogP contribution is -2.06. The Morgan fingerprint density at radius 2 is 2.14 bits per heavy atom. The second kappa shape index (κ2) is 6.83. The molecule has 0 radical (unpaired) electrons. The van der Waals surface area contributed by atoms with E-state index in [9.17, 15) is 4.79 Å². The summed E-state index contributed by atoms with van der Waals surface area (Å²) in [6.07, 6.45) is 0.856. The first kappa shape index (κ1) is 15.7. The molecule has 0 amide bonds. The van der Waals surface area contributed by atoms with E-state index in [1.807, 2.05) is 13.0 Å². The van der Waals surface area contributed by atoms with Crippen molar-refractivity contribution in [1.82, 2.24) is 0 Å². The van der Waals surface area contributed by atoms with Gasteiger partial charge in [0.05, 0.1) is 23.5 Å². The number of benzene rings is 1. The molecule has 3 N–H and O–H groups in total. The summed E-state index contributed by atoms with van der Waals surface area (Å²) in [5, 5.41) is 4.50. The fraction of sp³-hybridized carbons (Fsp3) is 0.267.